The largest absolute Gasteiger partial charge is 0.496 e. The van der Waals surface area contributed by atoms with Crippen molar-refractivity contribution in [3.8, 4) is 28.5 Å². The van der Waals surface area contributed by atoms with Gasteiger partial charge in [0.2, 0.25) is 0 Å². The molecule has 7 heteroatoms. The second-order valence-corrected chi connectivity index (χ2v) is 5.90. The molecule has 4 rings (SSSR count). The zero-order valence-electron chi connectivity index (χ0n) is 14.2. The standard InChI is InChI=1S/C19H18N4O3/c1-26-18-7-11(6-12(9-24)13(18)10-25)16-8-17(23-22-16)19-20-14-4-2-3-5-15(14)21-19/h2-8,24-25H,9-10H2,1H3,(H,20,21)(H,22,23). The summed E-state index contributed by atoms with van der Waals surface area (Å²) < 4.78 is 5.34. The summed E-state index contributed by atoms with van der Waals surface area (Å²) in [5.41, 5.74) is 5.25. The van der Waals surface area contributed by atoms with Gasteiger partial charge in [0.05, 0.1) is 37.1 Å². The summed E-state index contributed by atoms with van der Waals surface area (Å²) in [6, 6.07) is 13.3. The average molecular weight is 350 g/mol. The molecule has 0 fully saturated rings. The van der Waals surface area contributed by atoms with Crippen molar-refractivity contribution in [1.82, 2.24) is 20.2 Å². The first-order chi connectivity index (χ1) is 12.7. The third-order valence-electron chi connectivity index (χ3n) is 4.37. The molecule has 0 radical (unpaired) electrons. The normalized spacial score (nSPS) is 11.2. The number of rotatable bonds is 5. The summed E-state index contributed by atoms with van der Waals surface area (Å²) in [5, 5.41) is 26.5. The molecule has 2 aromatic carbocycles. The number of hydrogen-bond acceptors (Lipinski definition) is 5. The molecule has 0 atom stereocenters. The van der Waals surface area contributed by atoms with Crippen LogP contribution in [-0.2, 0) is 13.2 Å². The van der Waals surface area contributed by atoms with Crippen LogP contribution in [0.5, 0.6) is 5.75 Å². The van der Waals surface area contributed by atoms with E-state index in [4.69, 9.17) is 4.74 Å². The molecule has 0 saturated carbocycles. The maximum absolute atomic E-state index is 9.59. The highest BCUT2D eigenvalue weighted by atomic mass is 16.5. The molecular weight excluding hydrogens is 332 g/mol. The van der Waals surface area contributed by atoms with Gasteiger partial charge < -0.3 is 19.9 Å². The minimum Gasteiger partial charge on any atom is -0.496 e. The van der Waals surface area contributed by atoms with E-state index in [-0.39, 0.29) is 13.2 Å². The number of hydrogen-bond donors (Lipinski definition) is 4. The molecule has 0 saturated heterocycles. The van der Waals surface area contributed by atoms with Crippen LogP contribution in [0.3, 0.4) is 0 Å². The van der Waals surface area contributed by atoms with Crippen LogP contribution in [0.2, 0.25) is 0 Å². The van der Waals surface area contributed by atoms with Crippen molar-refractivity contribution in [3.05, 3.63) is 53.6 Å². The first kappa shape index (κ1) is 16.3. The Morgan fingerprint density at radius 1 is 1.08 bits per heavy atom. The van der Waals surface area contributed by atoms with Gasteiger partial charge in [-0.25, -0.2) is 4.98 Å². The quantitative estimate of drug-likeness (QED) is 0.443. The number of nitrogens with zero attached hydrogens (tertiary/aromatic N) is 2. The fourth-order valence-electron chi connectivity index (χ4n) is 3.02. The van der Waals surface area contributed by atoms with Crippen molar-refractivity contribution in [2.24, 2.45) is 0 Å². The van der Waals surface area contributed by atoms with Gasteiger partial charge in [0.1, 0.15) is 11.4 Å². The molecule has 0 bridgehead atoms. The smallest absolute Gasteiger partial charge is 0.156 e. The van der Waals surface area contributed by atoms with E-state index in [9.17, 15) is 10.2 Å². The number of fused-ring (bicyclic) bond motifs is 1. The molecule has 0 aliphatic heterocycles. The van der Waals surface area contributed by atoms with Gasteiger partial charge in [-0.1, -0.05) is 12.1 Å². The van der Waals surface area contributed by atoms with E-state index < -0.39 is 0 Å². The first-order valence-corrected chi connectivity index (χ1v) is 8.16. The number of benzene rings is 2. The Hall–Kier alpha value is -3.16. The third-order valence-corrected chi connectivity index (χ3v) is 4.37. The zero-order valence-corrected chi connectivity index (χ0v) is 14.2. The first-order valence-electron chi connectivity index (χ1n) is 8.16. The summed E-state index contributed by atoms with van der Waals surface area (Å²) >= 11 is 0. The second-order valence-electron chi connectivity index (χ2n) is 5.90. The highest BCUT2D eigenvalue weighted by molar-refractivity contribution is 5.79. The van der Waals surface area contributed by atoms with Gasteiger partial charge in [-0.05, 0) is 35.9 Å². The van der Waals surface area contributed by atoms with Crippen molar-refractivity contribution in [2.75, 3.05) is 7.11 Å². The lowest BCUT2D eigenvalue weighted by atomic mass is 10.0. The maximum atomic E-state index is 9.59. The van der Waals surface area contributed by atoms with E-state index in [0.717, 1.165) is 22.3 Å². The van der Waals surface area contributed by atoms with Crippen LogP contribution in [0.15, 0.2) is 42.5 Å². The van der Waals surface area contributed by atoms with Crippen molar-refractivity contribution in [1.29, 1.82) is 0 Å². The van der Waals surface area contributed by atoms with Crippen molar-refractivity contribution < 1.29 is 14.9 Å². The number of methoxy groups -OCH3 is 1. The summed E-state index contributed by atoms with van der Waals surface area (Å²) in [4.78, 5) is 7.82. The number of H-pyrrole nitrogens is 2. The number of ether oxygens (including phenoxy) is 1. The average Bonchev–Trinajstić information content (AvgIpc) is 3.33. The monoisotopic (exact) mass is 350 g/mol. The van der Waals surface area contributed by atoms with Gasteiger partial charge in [-0.15, -0.1) is 0 Å². The van der Waals surface area contributed by atoms with Gasteiger partial charge in [0.15, 0.2) is 5.82 Å². The molecule has 4 N–H and O–H groups in total. The van der Waals surface area contributed by atoms with Crippen molar-refractivity contribution in [2.45, 2.75) is 13.2 Å². The van der Waals surface area contributed by atoms with Crippen LogP contribution in [0.25, 0.3) is 33.8 Å². The predicted molar refractivity (Wildman–Crippen MR) is 97.5 cm³/mol. The summed E-state index contributed by atoms with van der Waals surface area (Å²) in [6.07, 6.45) is 0. The number of para-hydroxylation sites is 2. The molecule has 4 aromatic rings. The Kier molecular flexibility index (Phi) is 4.16. The molecule has 0 aliphatic rings. The van der Waals surface area contributed by atoms with E-state index >= 15 is 0 Å². The van der Waals surface area contributed by atoms with Crippen LogP contribution in [0.1, 0.15) is 11.1 Å². The molecule has 2 aromatic heterocycles. The Labute approximate surface area is 149 Å². The minimum atomic E-state index is -0.204. The molecule has 0 unspecified atom stereocenters. The molecule has 7 nitrogen and oxygen atoms in total. The van der Waals surface area contributed by atoms with Crippen LogP contribution < -0.4 is 4.74 Å². The van der Waals surface area contributed by atoms with Crippen molar-refractivity contribution >= 4 is 11.0 Å². The molecule has 2 heterocycles. The van der Waals surface area contributed by atoms with Crippen LogP contribution in [0, 0.1) is 0 Å². The predicted octanol–water partition coefficient (Wildman–Crippen LogP) is 2.61. The van der Waals surface area contributed by atoms with Crippen LogP contribution in [0.4, 0.5) is 0 Å². The molecular formula is C19H18N4O3. The van der Waals surface area contributed by atoms with Gasteiger partial charge in [0.25, 0.3) is 0 Å². The number of nitrogens with one attached hydrogen (secondary N) is 2. The van der Waals surface area contributed by atoms with Gasteiger partial charge in [-0.2, -0.15) is 5.10 Å². The Balaban J connectivity index is 1.76. The molecule has 132 valence electrons. The lowest BCUT2D eigenvalue weighted by molar-refractivity contribution is 0.254. The van der Waals surface area contributed by atoms with Crippen LogP contribution >= 0.6 is 0 Å². The topological polar surface area (TPSA) is 107 Å². The number of aliphatic hydroxyl groups excluding tert-OH is 2. The van der Waals surface area contributed by atoms with E-state index in [1.54, 1.807) is 12.1 Å². The highest BCUT2D eigenvalue weighted by Crippen LogP contribution is 2.31. The molecule has 26 heavy (non-hydrogen) atoms. The molecule has 0 aliphatic carbocycles. The highest BCUT2D eigenvalue weighted by Gasteiger charge is 2.15. The van der Waals surface area contributed by atoms with E-state index in [0.29, 0.717) is 28.4 Å². The van der Waals surface area contributed by atoms with E-state index in [2.05, 4.69) is 20.2 Å². The number of imidazole rings is 1. The Morgan fingerprint density at radius 3 is 2.65 bits per heavy atom. The van der Waals surface area contributed by atoms with E-state index in [1.807, 2.05) is 30.3 Å². The lowest BCUT2D eigenvalue weighted by Gasteiger charge is -2.12. The summed E-state index contributed by atoms with van der Waals surface area (Å²) in [5.74, 6) is 1.22. The Morgan fingerprint density at radius 2 is 1.92 bits per heavy atom. The van der Waals surface area contributed by atoms with Gasteiger partial charge in [-0.3, -0.25) is 5.10 Å². The molecule has 0 amide bonds. The number of aromatic amines is 2. The van der Waals surface area contributed by atoms with Crippen molar-refractivity contribution in [3.63, 3.8) is 0 Å². The number of aliphatic hydroxyl groups is 2. The number of aromatic nitrogens is 4. The fourth-order valence-corrected chi connectivity index (χ4v) is 3.02. The third kappa shape index (κ3) is 2.73. The second kappa shape index (κ2) is 6.62. The molecule has 0 spiro atoms. The fraction of sp³-hybridized carbons (Fsp3) is 0.158. The maximum Gasteiger partial charge on any atom is 0.156 e. The van der Waals surface area contributed by atoms with E-state index in [1.165, 1.54) is 7.11 Å². The zero-order chi connectivity index (χ0) is 18.1. The van der Waals surface area contributed by atoms with Crippen LogP contribution in [-0.4, -0.2) is 37.5 Å². The van der Waals surface area contributed by atoms with Gasteiger partial charge in [0, 0.05) is 11.1 Å². The summed E-state index contributed by atoms with van der Waals surface area (Å²) in [6.45, 7) is -0.398. The minimum absolute atomic E-state index is 0.194. The SMILES string of the molecule is COc1cc(-c2cc(-c3nc4ccccc4[nH]3)[nH]n2)cc(CO)c1CO. The lowest BCUT2D eigenvalue weighted by Crippen LogP contribution is -1.99. The Bertz CT molecular complexity index is 1010. The summed E-state index contributed by atoms with van der Waals surface area (Å²) in [7, 11) is 1.53. The van der Waals surface area contributed by atoms with Gasteiger partial charge >= 0.3 is 0 Å².